The molecule has 0 aliphatic heterocycles. The van der Waals surface area contributed by atoms with Crippen molar-refractivity contribution in [2.24, 2.45) is 11.7 Å². The van der Waals surface area contributed by atoms with Gasteiger partial charge in [-0.05, 0) is 37.0 Å². The summed E-state index contributed by atoms with van der Waals surface area (Å²) in [5.74, 6) is -0.326. The highest BCUT2D eigenvalue weighted by Gasteiger charge is 2.35. The number of aliphatic hydroxyl groups is 1. The van der Waals surface area contributed by atoms with Gasteiger partial charge in [-0.1, -0.05) is 0 Å². The van der Waals surface area contributed by atoms with Crippen LogP contribution in [0.25, 0.3) is 0 Å². The smallest absolute Gasteiger partial charge is 0.123 e. The molecule has 0 bridgehead atoms. The van der Waals surface area contributed by atoms with Gasteiger partial charge in [0, 0.05) is 5.56 Å². The van der Waals surface area contributed by atoms with Gasteiger partial charge in [0.2, 0.25) is 0 Å². The van der Waals surface area contributed by atoms with Crippen LogP contribution in [0, 0.1) is 11.7 Å². The Hall–Kier alpha value is -0.840. The third-order valence-electron chi connectivity index (χ3n) is 2.82. The van der Waals surface area contributed by atoms with E-state index in [1.165, 1.54) is 12.1 Å². The Kier molecular flexibility index (Phi) is 4.13. The second-order valence-corrected chi connectivity index (χ2v) is 4.06. The van der Waals surface area contributed by atoms with E-state index in [4.69, 9.17) is 5.73 Å². The topological polar surface area (TPSA) is 66.5 Å². The van der Waals surface area contributed by atoms with E-state index < -0.39 is 18.0 Å². The molecular formula is C11H15ClFNO2. The predicted molar refractivity (Wildman–Crippen MR) is 61.0 cm³/mol. The van der Waals surface area contributed by atoms with Crippen molar-refractivity contribution >= 4 is 12.4 Å². The third kappa shape index (κ3) is 2.64. The fraction of sp³-hybridized carbons (Fsp3) is 0.455. The van der Waals surface area contributed by atoms with E-state index >= 15 is 0 Å². The first kappa shape index (κ1) is 13.2. The summed E-state index contributed by atoms with van der Waals surface area (Å²) in [6.45, 7) is 0. The van der Waals surface area contributed by atoms with Crippen molar-refractivity contribution in [3.05, 3.63) is 29.6 Å². The molecule has 4 N–H and O–H groups in total. The minimum absolute atomic E-state index is 0. The summed E-state index contributed by atoms with van der Waals surface area (Å²) in [4.78, 5) is 0. The van der Waals surface area contributed by atoms with Gasteiger partial charge < -0.3 is 15.9 Å². The molecule has 1 aromatic rings. The molecule has 90 valence electrons. The van der Waals surface area contributed by atoms with E-state index in [-0.39, 0.29) is 29.6 Å². The zero-order valence-electron chi connectivity index (χ0n) is 8.64. The number of nitrogens with two attached hydrogens (primary N) is 1. The van der Waals surface area contributed by atoms with Crippen LogP contribution in [0.4, 0.5) is 4.39 Å². The van der Waals surface area contributed by atoms with Crippen molar-refractivity contribution in [1.29, 1.82) is 0 Å². The lowest BCUT2D eigenvalue weighted by atomic mass is 9.98. The molecule has 5 heteroatoms. The van der Waals surface area contributed by atoms with Gasteiger partial charge in [0.15, 0.2) is 0 Å². The Morgan fingerprint density at radius 3 is 2.56 bits per heavy atom. The fourth-order valence-corrected chi connectivity index (χ4v) is 1.71. The molecule has 2 atom stereocenters. The van der Waals surface area contributed by atoms with Gasteiger partial charge >= 0.3 is 0 Å². The summed E-state index contributed by atoms with van der Waals surface area (Å²) in [5, 5.41) is 19.3. The van der Waals surface area contributed by atoms with E-state index in [0.29, 0.717) is 0 Å². The predicted octanol–water partition coefficient (Wildman–Crippen LogP) is 1.72. The highest BCUT2D eigenvalue weighted by Crippen LogP contribution is 2.38. The van der Waals surface area contributed by atoms with Gasteiger partial charge in [-0.15, -0.1) is 12.4 Å². The lowest BCUT2D eigenvalue weighted by Crippen LogP contribution is -2.28. The molecule has 1 fully saturated rings. The van der Waals surface area contributed by atoms with Crippen molar-refractivity contribution in [2.45, 2.75) is 25.0 Å². The standard InChI is InChI=1S/C11H14FNO2.ClH/c12-7-3-4-9(14)8(5-7)10(13)11(15)6-1-2-6;/h3-6,10-11,14-15H,1-2,13H2;1H/t10-,11+;/m0./s1. The molecule has 3 nitrogen and oxygen atoms in total. The molecule has 0 amide bonds. The van der Waals surface area contributed by atoms with Crippen molar-refractivity contribution < 1.29 is 14.6 Å². The Bertz CT molecular complexity index is 371. The van der Waals surface area contributed by atoms with Gasteiger partial charge in [0.05, 0.1) is 12.1 Å². The fourth-order valence-electron chi connectivity index (χ4n) is 1.71. The molecule has 0 aromatic heterocycles. The van der Waals surface area contributed by atoms with Crippen LogP contribution in [0.1, 0.15) is 24.4 Å². The summed E-state index contributed by atoms with van der Waals surface area (Å²) in [5.41, 5.74) is 6.05. The van der Waals surface area contributed by atoms with E-state index in [0.717, 1.165) is 18.9 Å². The first-order chi connectivity index (χ1) is 7.09. The molecule has 1 aliphatic carbocycles. The minimum atomic E-state index is -0.715. The molecule has 0 unspecified atom stereocenters. The average molecular weight is 248 g/mol. The van der Waals surface area contributed by atoms with Crippen LogP contribution < -0.4 is 5.73 Å². The number of aromatic hydroxyl groups is 1. The van der Waals surface area contributed by atoms with Gasteiger partial charge in [0.1, 0.15) is 11.6 Å². The average Bonchev–Trinajstić information content (AvgIpc) is 3.03. The van der Waals surface area contributed by atoms with Gasteiger partial charge in [-0.2, -0.15) is 0 Å². The van der Waals surface area contributed by atoms with Crippen LogP contribution in [0.5, 0.6) is 5.75 Å². The molecule has 0 heterocycles. The lowest BCUT2D eigenvalue weighted by molar-refractivity contribution is 0.121. The normalized spacial score (nSPS) is 18.7. The number of halogens is 2. The van der Waals surface area contributed by atoms with E-state index in [1.807, 2.05) is 0 Å². The summed E-state index contributed by atoms with van der Waals surface area (Å²) in [6.07, 6.45) is 1.20. The largest absolute Gasteiger partial charge is 0.508 e. The Balaban J connectivity index is 0.00000128. The Labute approximate surface area is 99.5 Å². The maximum absolute atomic E-state index is 12.9. The van der Waals surface area contributed by atoms with Crippen LogP contribution in [-0.2, 0) is 0 Å². The maximum atomic E-state index is 12.9. The number of phenolic OH excluding ortho intramolecular Hbond substituents is 1. The van der Waals surface area contributed by atoms with Gasteiger partial charge in [0.25, 0.3) is 0 Å². The molecule has 2 rings (SSSR count). The third-order valence-corrected chi connectivity index (χ3v) is 2.82. The van der Waals surface area contributed by atoms with Crippen LogP contribution in [0.15, 0.2) is 18.2 Å². The number of benzene rings is 1. The summed E-state index contributed by atoms with van der Waals surface area (Å²) >= 11 is 0. The van der Waals surface area contributed by atoms with Crippen molar-refractivity contribution in [3.63, 3.8) is 0 Å². The highest BCUT2D eigenvalue weighted by molar-refractivity contribution is 5.85. The van der Waals surface area contributed by atoms with Crippen molar-refractivity contribution in [1.82, 2.24) is 0 Å². The van der Waals surface area contributed by atoms with E-state index in [9.17, 15) is 14.6 Å². The molecular weight excluding hydrogens is 233 g/mol. The molecule has 1 saturated carbocycles. The number of aliphatic hydroxyl groups excluding tert-OH is 1. The number of rotatable bonds is 3. The Morgan fingerprint density at radius 1 is 1.38 bits per heavy atom. The second-order valence-electron chi connectivity index (χ2n) is 4.06. The second kappa shape index (κ2) is 4.99. The molecule has 0 spiro atoms. The molecule has 1 aromatic carbocycles. The maximum Gasteiger partial charge on any atom is 0.123 e. The SMILES string of the molecule is Cl.N[C@@H](c1cc(F)ccc1O)[C@H](O)C1CC1. The number of hydrogen-bond donors (Lipinski definition) is 3. The quantitative estimate of drug-likeness (QED) is 0.762. The molecule has 0 saturated heterocycles. The van der Waals surface area contributed by atoms with Crippen molar-refractivity contribution in [3.8, 4) is 5.75 Å². The monoisotopic (exact) mass is 247 g/mol. The van der Waals surface area contributed by atoms with Crippen LogP contribution >= 0.6 is 12.4 Å². The van der Waals surface area contributed by atoms with Gasteiger partial charge in [-0.25, -0.2) is 4.39 Å². The Morgan fingerprint density at radius 2 is 2.00 bits per heavy atom. The zero-order chi connectivity index (χ0) is 11.0. The zero-order valence-corrected chi connectivity index (χ0v) is 9.45. The molecule has 1 aliphatic rings. The van der Waals surface area contributed by atoms with E-state index in [1.54, 1.807) is 0 Å². The van der Waals surface area contributed by atoms with Crippen LogP contribution in [-0.4, -0.2) is 16.3 Å². The highest BCUT2D eigenvalue weighted by atomic mass is 35.5. The summed E-state index contributed by atoms with van der Waals surface area (Å²) in [7, 11) is 0. The first-order valence-corrected chi connectivity index (χ1v) is 5.01. The minimum Gasteiger partial charge on any atom is -0.508 e. The summed E-state index contributed by atoms with van der Waals surface area (Å²) in [6, 6.07) is 2.87. The van der Waals surface area contributed by atoms with Crippen molar-refractivity contribution in [2.75, 3.05) is 0 Å². The van der Waals surface area contributed by atoms with E-state index in [2.05, 4.69) is 0 Å². The summed E-state index contributed by atoms with van der Waals surface area (Å²) < 4.78 is 12.9. The first-order valence-electron chi connectivity index (χ1n) is 5.01. The molecule has 16 heavy (non-hydrogen) atoms. The van der Waals surface area contributed by atoms with Crippen LogP contribution in [0.2, 0.25) is 0 Å². The lowest BCUT2D eigenvalue weighted by Gasteiger charge is -2.19. The van der Waals surface area contributed by atoms with Gasteiger partial charge in [-0.3, -0.25) is 0 Å². The number of phenols is 1. The molecule has 0 radical (unpaired) electrons. The number of hydrogen-bond acceptors (Lipinski definition) is 3. The van der Waals surface area contributed by atoms with Crippen LogP contribution in [0.3, 0.4) is 0 Å².